The molecule has 0 bridgehead atoms. The summed E-state index contributed by atoms with van der Waals surface area (Å²) in [6.07, 6.45) is 3.84. The number of aryl methyl sites for hydroxylation is 2. The van der Waals surface area contributed by atoms with Crippen LogP contribution in [0.15, 0.2) is 42.6 Å². The number of pyridine rings is 1. The van der Waals surface area contributed by atoms with Crippen molar-refractivity contribution in [2.24, 2.45) is 0 Å². The van der Waals surface area contributed by atoms with Crippen molar-refractivity contribution in [3.05, 3.63) is 59.5 Å². The van der Waals surface area contributed by atoms with Gasteiger partial charge in [0.15, 0.2) is 0 Å². The van der Waals surface area contributed by atoms with Gasteiger partial charge in [-0.25, -0.2) is 0 Å². The topological polar surface area (TPSA) is 30.7 Å². The fourth-order valence-electron chi connectivity index (χ4n) is 2.51. The predicted molar refractivity (Wildman–Crippen MR) is 81.8 cm³/mol. The quantitative estimate of drug-likeness (QED) is 0.721. The van der Waals surface area contributed by atoms with E-state index in [4.69, 9.17) is 0 Å². The van der Waals surface area contributed by atoms with Gasteiger partial charge in [-0.2, -0.15) is 5.10 Å². The van der Waals surface area contributed by atoms with E-state index < -0.39 is 0 Å². The standard InChI is InChI=1S/C17H19N3/c1-3-15-11-16(4-2)20(19-15)12-13-7-8-17-14(10-13)6-5-9-18-17/h5-11H,3-4,12H2,1-2H3. The summed E-state index contributed by atoms with van der Waals surface area (Å²) in [5, 5.41) is 5.86. The molecule has 0 spiro atoms. The van der Waals surface area contributed by atoms with Crippen LogP contribution in [0.5, 0.6) is 0 Å². The number of hydrogen-bond donors (Lipinski definition) is 0. The van der Waals surface area contributed by atoms with Gasteiger partial charge in [-0.05, 0) is 42.7 Å². The van der Waals surface area contributed by atoms with Crippen LogP contribution in [-0.2, 0) is 19.4 Å². The molecular formula is C17H19N3. The van der Waals surface area contributed by atoms with E-state index in [1.165, 1.54) is 22.3 Å². The van der Waals surface area contributed by atoms with Gasteiger partial charge in [0.05, 0.1) is 17.8 Å². The molecule has 1 aromatic carbocycles. The van der Waals surface area contributed by atoms with Crippen LogP contribution in [0.25, 0.3) is 10.9 Å². The normalized spacial score (nSPS) is 11.1. The van der Waals surface area contributed by atoms with Crippen molar-refractivity contribution in [1.29, 1.82) is 0 Å². The molecule has 0 aliphatic rings. The van der Waals surface area contributed by atoms with E-state index in [0.29, 0.717) is 0 Å². The maximum atomic E-state index is 4.68. The molecule has 0 aliphatic heterocycles. The lowest BCUT2D eigenvalue weighted by Crippen LogP contribution is -2.06. The molecule has 0 radical (unpaired) electrons. The fraction of sp³-hybridized carbons (Fsp3) is 0.294. The van der Waals surface area contributed by atoms with Crippen LogP contribution in [0.3, 0.4) is 0 Å². The molecular weight excluding hydrogens is 246 g/mol. The zero-order chi connectivity index (χ0) is 13.9. The third-order valence-corrected chi connectivity index (χ3v) is 3.64. The molecule has 102 valence electrons. The maximum absolute atomic E-state index is 4.68. The van der Waals surface area contributed by atoms with E-state index in [-0.39, 0.29) is 0 Å². The first-order valence-electron chi connectivity index (χ1n) is 7.19. The van der Waals surface area contributed by atoms with Crippen molar-refractivity contribution in [3.8, 4) is 0 Å². The molecule has 3 aromatic rings. The summed E-state index contributed by atoms with van der Waals surface area (Å²) in [5.41, 5.74) is 4.78. The zero-order valence-electron chi connectivity index (χ0n) is 12.0. The minimum atomic E-state index is 0.827. The van der Waals surface area contributed by atoms with Gasteiger partial charge in [-0.15, -0.1) is 0 Å². The Morgan fingerprint density at radius 1 is 1.05 bits per heavy atom. The second-order valence-corrected chi connectivity index (χ2v) is 5.02. The molecule has 0 N–H and O–H groups in total. The molecule has 0 saturated heterocycles. The Labute approximate surface area is 119 Å². The molecule has 0 aliphatic carbocycles. The predicted octanol–water partition coefficient (Wildman–Crippen LogP) is 3.60. The summed E-state index contributed by atoms with van der Waals surface area (Å²) in [6.45, 7) is 5.15. The first kappa shape index (κ1) is 12.9. The summed E-state index contributed by atoms with van der Waals surface area (Å²) in [7, 11) is 0. The van der Waals surface area contributed by atoms with Crippen molar-refractivity contribution in [1.82, 2.24) is 14.8 Å². The van der Waals surface area contributed by atoms with Crippen LogP contribution in [0, 0.1) is 0 Å². The van der Waals surface area contributed by atoms with E-state index >= 15 is 0 Å². The maximum Gasteiger partial charge on any atom is 0.0702 e. The van der Waals surface area contributed by atoms with Crippen molar-refractivity contribution in [3.63, 3.8) is 0 Å². The first-order chi connectivity index (χ1) is 9.80. The average molecular weight is 265 g/mol. The summed E-state index contributed by atoms with van der Waals surface area (Å²) < 4.78 is 2.12. The van der Waals surface area contributed by atoms with Gasteiger partial charge in [0.1, 0.15) is 0 Å². The number of aromatic nitrogens is 3. The molecule has 20 heavy (non-hydrogen) atoms. The lowest BCUT2D eigenvalue weighted by atomic mass is 10.1. The van der Waals surface area contributed by atoms with Crippen molar-refractivity contribution < 1.29 is 0 Å². The largest absolute Gasteiger partial charge is 0.265 e. The highest BCUT2D eigenvalue weighted by atomic mass is 15.3. The van der Waals surface area contributed by atoms with Crippen LogP contribution >= 0.6 is 0 Å². The smallest absolute Gasteiger partial charge is 0.0702 e. The number of rotatable bonds is 4. The average Bonchev–Trinajstić information content (AvgIpc) is 2.89. The molecule has 3 nitrogen and oxygen atoms in total. The third-order valence-electron chi connectivity index (χ3n) is 3.64. The van der Waals surface area contributed by atoms with E-state index in [9.17, 15) is 0 Å². The number of hydrogen-bond acceptors (Lipinski definition) is 2. The van der Waals surface area contributed by atoms with Gasteiger partial charge in [0, 0.05) is 17.3 Å². The van der Waals surface area contributed by atoms with Gasteiger partial charge in [0.2, 0.25) is 0 Å². The highest BCUT2D eigenvalue weighted by Crippen LogP contribution is 2.15. The van der Waals surface area contributed by atoms with Crippen molar-refractivity contribution in [2.75, 3.05) is 0 Å². The Morgan fingerprint density at radius 2 is 1.95 bits per heavy atom. The van der Waals surface area contributed by atoms with Crippen molar-refractivity contribution in [2.45, 2.75) is 33.2 Å². The molecule has 0 saturated carbocycles. The molecule has 2 aromatic heterocycles. The van der Waals surface area contributed by atoms with Gasteiger partial charge >= 0.3 is 0 Å². The molecule has 0 unspecified atom stereocenters. The molecule has 3 rings (SSSR count). The van der Waals surface area contributed by atoms with E-state index in [1.54, 1.807) is 0 Å². The summed E-state index contributed by atoms with van der Waals surface area (Å²) in [5.74, 6) is 0. The molecule has 0 atom stereocenters. The summed E-state index contributed by atoms with van der Waals surface area (Å²) in [6, 6.07) is 12.7. The summed E-state index contributed by atoms with van der Waals surface area (Å²) >= 11 is 0. The number of nitrogens with zero attached hydrogens (tertiary/aromatic N) is 3. The highest BCUT2D eigenvalue weighted by Gasteiger charge is 2.06. The van der Waals surface area contributed by atoms with Crippen LogP contribution in [-0.4, -0.2) is 14.8 Å². The monoisotopic (exact) mass is 265 g/mol. The summed E-state index contributed by atoms with van der Waals surface area (Å²) in [4.78, 5) is 4.36. The number of fused-ring (bicyclic) bond motifs is 1. The second-order valence-electron chi connectivity index (χ2n) is 5.02. The third kappa shape index (κ3) is 2.44. The molecule has 0 fully saturated rings. The van der Waals surface area contributed by atoms with Gasteiger partial charge in [-0.3, -0.25) is 9.67 Å². The molecule has 3 heteroatoms. The van der Waals surface area contributed by atoms with Crippen molar-refractivity contribution >= 4 is 10.9 Å². The van der Waals surface area contributed by atoms with E-state index in [0.717, 1.165) is 24.9 Å². The zero-order valence-corrected chi connectivity index (χ0v) is 12.0. The Balaban J connectivity index is 1.94. The first-order valence-corrected chi connectivity index (χ1v) is 7.19. The number of benzene rings is 1. The van der Waals surface area contributed by atoms with Gasteiger partial charge in [-0.1, -0.05) is 26.0 Å². The second kappa shape index (κ2) is 5.45. The Kier molecular flexibility index (Phi) is 3.50. The van der Waals surface area contributed by atoms with Gasteiger partial charge in [0.25, 0.3) is 0 Å². The molecule has 0 amide bonds. The van der Waals surface area contributed by atoms with E-state index in [1.807, 2.05) is 12.3 Å². The van der Waals surface area contributed by atoms with Crippen LogP contribution < -0.4 is 0 Å². The van der Waals surface area contributed by atoms with Crippen LogP contribution in [0.1, 0.15) is 30.8 Å². The van der Waals surface area contributed by atoms with Crippen LogP contribution in [0.4, 0.5) is 0 Å². The van der Waals surface area contributed by atoms with Gasteiger partial charge < -0.3 is 0 Å². The Morgan fingerprint density at radius 3 is 2.75 bits per heavy atom. The molecule has 2 heterocycles. The minimum Gasteiger partial charge on any atom is -0.265 e. The van der Waals surface area contributed by atoms with Crippen LogP contribution in [0.2, 0.25) is 0 Å². The lowest BCUT2D eigenvalue weighted by Gasteiger charge is -2.07. The Hall–Kier alpha value is -2.16. The SMILES string of the molecule is CCc1cc(CC)n(Cc2ccc3ncccc3c2)n1. The minimum absolute atomic E-state index is 0.827. The van der Waals surface area contributed by atoms with E-state index in [2.05, 4.69) is 58.9 Å². The fourth-order valence-corrected chi connectivity index (χ4v) is 2.51. The Bertz CT molecular complexity index is 728. The lowest BCUT2D eigenvalue weighted by molar-refractivity contribution is 0.641. The highest BCUT2D eigenvalue weighted by molar-refractivity contribution is 5.78.